The Morgan fingerprint density at radius 2 is 1.52 bits per heavy atom. The zero-order chi connectivity index (χ0) is 22.2. The zero-order valence-corrected chi connectivity index (χ0v) is 18.7. The minimum Gasteiger partial charge on any atom is -0.357 e. The van der Waals surface area contributed by atoms with Crippen molar-refractivity contribution in [3.8, 4) is 0 Å². The molecule has 0 aliphatic carbocycles. The molecule has 0 fully saturated rings. The van der Waals surface area contributed by atoms with E-state index in [4.69, 9.17) is 23.2 Å². The molecule has 1 atom stereocenters. The van der Waals surface area contributed by atoms with Crippen molar-refractivity contribution >= 4 is 35.0 Å². The predicted molar refractivity (Wildman–Crippen MR) is 125 cm³/mol. The van der Waals surface area contributed by atoms with E-state index in [-0.39, 0.29) is 24.8 Å². The maximum Gasteiger partial charge on any atom is 0.242 e. The number of likely N-dealkylation sites (N-methyl/N-ethyl adjacent to an activating group) is 1. The molecule has 0 spiro atoms. The number of nitrogens with zero attached hydrogens (tertiary/aromatic N) is 1. The fourth-order valence-corrected chi connectivity index (χ4v) is 3.73. The van der Waals surface area contributed by atoms with E-state index in [1.165, 1.54) is 0 Å². The van der Waals surface area contributed by atoms with Crippen LogP contribution in [0.25, 0.3) is 0 Å². The lowest BCUT2D eigenvalue weighted by Crippen LogP contribution is -2.50. The lowest BCUT2D eigenvalue weighted by molar-refractivity contribution is -0.140. The first kappa shape index (κ1) is 22.9. The Hall–Kier alpha value is -2.82. The molecule has 31 heavy (non-hydrogen) atoms. The third kappa shape index (κ3) is 6.33. The summed E-state index contributed by atoms with van der Waals surface area (Å²) < 4.78 is 0. The van der Waals surface area contributed by atoms with Crippen molar-refractivity contribution in [2.45, 2.75) is 25.4 Å². The van der Waals surface area contributed by atoms with Crippen LogP contribution in [-0.4, -0.2) is 29.8 Å². The summed E-state index contributed by atoms with van der Waals surface area (Å²) in [5, 5.41) is 3.87. The van der Waals surface area contributed by atoms with Gasteiger partial charge in [-0.2, -0.15) is 0 Å². The van der Waals surface area contributed by atoms with Gasteiger partial charge in [0.2, 0.25) is 11.8 Å². The van der Waals surface area contributed by atoms with E-state index in [2.05, 4.69) is 5.32 Å². The van der Waals surface area contributed by atoms with Gasteiger partial charge in [0.05, 0.1) is 6.42 Å². The highest BCUT2D eigenvalue weighted by atomic mass is 35.5. The second kappa shape index (κ2) is 11.0. The Morgan fingerprint density at radius 1 is 0.871 bits per heavy atom. The molecule has 3 aromatic carbocycles. The number of benzene rings is 3. The Bertz CT molecular complexity index is 1020. The lowest BCUT2D eigenvalue weighted by atomic mass is 10.0. The molecule has 1 N–H and O–H groups in total. The normalized spacial score (nSPS) is 11.6. The second-order valence-corrected chi connectivity index (χ2v) is 8.08. The molecule has 3 rings (SSSR count). The lowest BCUT2D eigenvalue weighted by Gasteiger charge is -2.31. The van der Waals surface area contributed by atoms with Crippen LogP contribution < -0.4 is 5.32 Å². The van der Waals surface area contributed by atoms with E-state index in [0.717, 1.165) is 16.7 Å². The monoisotopic (exact) mass is 454 g/mol. The minimum atomic E-state index is -0.677. The highest BCUT2D eigenvalue weighted by Crippen LogP contribution is 2.21. The number of hydrogen-bond acceptors (Lipinski definition) is 2. The van der Waals surface area contributed by atoms with Crippen molar-refractivity contribution < 1.29 is 9.59 Å². The summed E-state index contributed by atoms with van der Waals surface area (Å²) in [5.41, 5.74) is 2.59. The Balaban J connectivity index is 1.94. The molecular formula is C25H24Cl2N2O2. The van der Waals surface area contributed by atoms with E-state index >= 15 is 0 Å². The zero-order valence-electron chi connectivity index (χ0n) is 17.2. The van der Waals surface area contributed by atoms with Crippen molar-refractivity contribution in [3.63, 3.8) is 0 Å². The van der Waals surface area contributed by atoms with E-state index in [9.17, 15) is 9.59 Å². The van der Waals surface area contributed by atoms with Gasteiger partial charge in [0, 0.05) is 30.1 Å². The highest BCUT2D eigenvalue weighted by molar-refractivity contribution is 6.31. The van der Waals surface area contributed by atoms with Gasteiger partial charge in [-0.25, -0.2) is 0 Å². The number of carbonyl (C=O) groups excluding carboxylic acids is 2. The molecule has 6 heteroatoms. The molecule has 160 valence electrons. The molecule has 0 heterocycles. The van der Waals surface area contributed by atoms with Crippen LogP contribution in [0.3, 0.4) is 0 Å². The first-order valence-corrected chi connectivity index (χ1v) is 10.8. The Labute approximate surface area is 192 Å². The van der Waals surface area contributed by atoms with Crippen LogP contribution in [0.1, 0.15) is 16.7 Å². The van der Waals surface area contributed by atoms with Gasteiger partial charge in [0.1, 0.15) is 6.04 Å². The first-order chi connectivity index (χ1) is 15.0. The largest absolute Gasteiger partial charge is 0.357 e. The summed E-state index contributed by atoms with van der Waals surface area (Å²) in [6.07, 6.45) is 0.557. The maximum absolute atomic E-state index is 13.4. The van der Waals surface area contributed by atoms with E-state index in [0.29, 0.717) is 16.5 Å². The van der Waals surface area contributed by atoms with Crippen molar-refractivity contribution in [1.82, 2.24) is 10.2 Å². The SMILES string of the molecule is CNC(=O)C(Cc1ccccc1)N(Cc1ccccc1Cl)C(=O)Cc1ccc(Cl)cc1. The fourth-order valence-electron chi connectivity index (χ4n) is 3.41. The molecule has 4 nitrogen and oxygen atoms in total. The summed E-state index contributed by atoms with van der Waals surface area (Å²) in [6.45, 7) is 0.233. The quantitative estimate of drug-likeness (QED) is 0.524. The average Bonchev–Trinajstić information content (AvgIpc) is 2.79. The minimum absolute atomic E-state index is 0.157. The summed E-state index contributed by atoms with van der Waals surface area (Å²) in [4.78, 5) is 27.9. The van der Waals surface area contributed by atoms with Crippen LogP contribution in [-0.2, 0) is 29.0 Å². The van der Waals surface area contributed by atoms with Crippen LogP contribution in [0.4, 0.5) is 0 Å². The molecule has 0 saturated heterocycles. The van der Waals surface area contributed by atoms with Crippen LogP contribution in [0.2, 0.25) is 10.0 Å². The molecular weight excluding hydrogens is 431 g/mol. The number of hydrogen-bond donors (Lipinski definition) is 1. The standard InChI is InChI=1S/C25H24Cl2N2O2/c1-28-25(31)23(15-18-7-3-2-4-8-18)29(17-20-9-5-6-10-22(20)27)24(30)16-19-11-13-21(26)14-12-19/h2-14,23H,15-17H2,1H3,(H,28,31). The van der Waals surface area contributed by atoms with Crippen molar-refractivity contribution in [1.29, 1.82) is 0 Å². The van der Waals surface area contributed by atoms with Crippen LogP contribution in [0.15, 0.2) is 78.9 Å². The molecule has 0 aromatic heterocycles. The molecule has 0 saturated carbocycles. The molecule has 0 aliphatic rings. The van der Waals surface area contributed by atoms with E-state index in [1.807, 2.05) is 60.7 Å². The van der Waals surface area contributed by atoms with Crippen LogP contribution in [0, 0.1) is 0 Å². The van der Waals surface area contributed by atoms with Gasteiger partial charge in [-0.05, 0) is 34.9 Å². The summed E-state index contributed by atoms with van der Waals surface area (Å²) in [5.74, 6) is -0.382. The van der Waals surface area contributed by atoms with Gasteiger partial charge in [-0.15, -0.1) is 0 Å². The Kier molecular flexibility index (Phi) is 8.10. The summed E-state index contributed by atoms with van der Waals surface area (Å²) >= 11 is 12.3. The van der Waals surface area contributed by atoms with E-state index < -0.39 is 6.04 Å². The fraction of sp³-hybridized carbons (Fsp3) is 0.200. The van der Waals surface area contributed by atoms with Gasteiger partial charge < -0.3 is 10.2 Å². The number of carbonyl (C=O) groups is 2. The van der Waals surface area contributed by atoms with Gasteiger partial charge in [0.15, 0.2) is 0 Å². The molecule has 0 aliphatic heterocycles. The maximum atomic E-state index is 13.4. The smallest absolute Gasteiger partial charge is 0.242 e. The van der Waals surface area contributed by atoms with Crippen molar-refractivity contribution in [2.75, 3.05) is 7.05 Å². The predicted octanol–water partition coefficient (Wildman–Crippen LogP) is 4.92. The number of halogens is 2. The van der Waals surface area contributed by atoms with Gasteiger partial charge in [-0.1, -0.05) is 83.9 Å². The third-order valence-electron chi connectivity index (χ3n) is 5.08. The van der Waals surface area contributed by atoms with E-state index in [1.54, 1.807) is 30.1 Å². The van der Waals surface area contributed by atoms with Gasteiger partial charge >= 0.3 is 0 Å². The number of rotatable bonds is 8. The van der Waals surface area contributed by atoms with Crippen molar-refractivity contribution in [2.24, 2.45) is 0 Å². The second-order valence-electron chi connectivity index (χ2n) is 7.24. The number of amides is 2. The summed E-state index contributed by atoms with van der Waals surface area (Å²) in [6, 6.07) is 23.5. The first-order valence-electron chi connectivity index (χ1n) is 10.0. The third-order valence-corrected chi connectivity index (χ3v) is 5.71. The van der Waals surface area contributed by atoms with Gasteiger partial charge in [-0.3, -0.25) is 9.59 Å². The van der Waals surface area contributed by atoms with Crippen molar-refractivity contribution in [3.05, 3.63) is 106 Å². The molecule has 1 unspecified atom stereocenters. The Morgan fingerprint density at radius 3 is 2.16 bits per heavy atom. The molecule has 0 radical (unpaired) electrons. The average molecular weight is 455 g/mol. The van der Waals surface area contributed by atoms with Crippen LogP contribution in [0.5, 0.6) is 0 Å². The molecule has 2 amide bonds. The highest BCUT2D eigenvalue weighted by Gasteiger charge is 2.30. The molecule has 0 bridgehead atoms. The molecule has 3 aromatic rings. The topological polar surface area (TPSA) is 49.4 Å². The number of nitrogens with one attached hydrogen (secondary N) is 1. The summed E-state index contributed by atoms with van der Waals surface area (Å²) in [7, 11) is 1.58. The van der Waals surface area contributed by atoms with Gasteiger partial charge in [0.25, 0.3) is 0 Å². The van der Waals surface area contributed by atoms with Crippen LogP contribution >= 0.6 is 23.2 Å².